The molecule has 0 heterocycles. The Labute approximate surface area is 108 Å². The van der Waals surface area contributed by atoms with Crippen molar-refractivity contribution < 1.29 is 24.5 Å². The lowest BCUT2D eigenvalue weighted by atomic mass is 10.2. The molecule has 2 N–H and O–H groups in total. The van der Waals surface area contributed by atoms with Crippen LogP contribution in [0.25, 0.3) is 0 Å². The Bertz CT molecular complexity index is 633. The number of hydrogen-bond donors (Lipinski definition) is 2. The Morgan fingerprint density at radius 2 is 1.79 bits per heavy atom. The third kappa shape index (κ3) is 2.55. The van der Waals surface area contributed by atoms with E-state index in [4.69, 9.17) is 4.74 Å². The number of carbonyl (C=O) groups is 2. The first-order valence-electron chi connectivity index (χ1n) is 5.41. The summed E-state index contributed by atoms with van der Waals surface area (Å²) in [7, 11) is 0. The first-order chi connectivity index (χ1) is 9.13. The highest BCUT2D eigenvalue weighted by molar-refractivity contribution is 5.95. The van der Waals surface area contributed by atoms with Crippen LogP contribution in [-0.4, -0.2) is 22.5 Å². The lowest BCUT2D eigenvalue weighted by Gasteiger charge is -2.08. The van der Waals surface area contributed by atoms with Crippen molar-refractivity contribution in [2.24, 2.45) is 0 Å². The predicted molar refractivity (Wildman–Crippen MR) is 66.6 cm³/mol. The van der Waals surface area contributed by atoms with E-state index in [0.717, 1.165) is 0 Å². The largest absolute Gasteiger partial charge is 0.504 e. The zero-order chi connectivity index (χ0) is 13.8. The van der Waals surface area contributed by atoms with Crippen molar-refractivity contribution in [1.29, 1.82) is 0 Å². The van der Waals surface area contributed by atoms with Crippen LogP contribution in [0.15, 0.2) is 42.5 Å². The van der Waals surface area contributed by atoms with E-state index in [9.17, 15) is 19.8 Å². The molecule has 2 rings (SSSR count). The van der Waals surface area contributed by atoms with Crippen LogP contribution in [0.2, 0.25) is 0 Å². The van der Waals surface area contributed by atoms with Gasteiger partial charge < -0.3 is 14.9 Å². The number of phenolic OH excluding ortho intramolecular Hbond substituents is 2. The van der Waals surface area contributed by atoms with Crippen LogP contribution in [0.3, 0.4) is 0 Å². The molecule has 0 fully saturated rings. The summed E-state index contributed by atoms with van der Waals surface area (Å²) in [6, 6.07) is 10.1. The van der Waals surface area contributed by atoms with Crippen LogP contribution in [0.5, 0.6) is 17.2 Å². The van der Waals surface area contributed by atoms with E-state index < -0.39 is 17.5 Å². The van der Waals surface area contributed by atoms with Crippen LogP contribution in [0.1, 0.15) is 20.7 Å². The third-order valence-corrected chi connectivity index (χ3v) is 2.48. The van der Waals surface area contributed by atoms with Gasteiger partial charge in [-0.15, -0.1) is 0 Å². The minimum Gasteiger partial charge on any atom is -0.504 e. The highest BCUT2D eigenvalue weighted by Gasteiger charge is 2.17. The van der Waals surface area contributed by atoms with Gasteiger partial charge in [0.1, 0.15) is 11.3 Å². The number of hydrogen-bond acceptors (Lipinski definition) is 5. The molecule has 0 unspecified atom stereocenters. The maximum absolute atomic E-state index is 11.8. The lowest BCUT2D eigenvalue weighted by molar-refractivity contribution is 0.0729. The molecule has 2 aromatic carbocycles. The topological polar surface area (TPSA) is 83.8 Å². The molecule has 96 valence electrons. The van der Waals surface area contributed by atoms with Crippen molar-refractivity contribution in [3.63, 3.8) is 0 Å². The molecule has 0 spiro atoms. The fourth-order valence-corrected chi connectivity index (χ4v) is 1.52. The summed E-state index contributed by atoms with van der Waals surface area (Å²) in [5.74, 6) is -1.75. The molecule has 0 aromatic heterocycles. The number of esters is 1. The second-order valence-electron chi connectivity index (χ2n) is 3.72. The molecule has 5 heteroatoms. The van der Waals surface area contributed by atoms with Gasteiger partial charge in [-0.1, -0.05) is 18.2 Å². The van der Waals surface area contributed by atoms with Gasteiger partial charge in [-0.25, -0.2) is 4.79 Å². The van der Waals surface area contributed by atoms with Crippen LogP contribution in [0.4, 0.5) is 0 Å². The summed E-state index contributed by atoms with van der Waals surface area (Å²) in [4.78, 5) is 22.6. The van der Waals surface area contributed by atoms with E-state index in [-0.39, 0.29) is 16.9 Å². The van der Waals surface area contributed by atoms with Crippen molar-refractivity contribution in [3.05, 3.63) is 53.6 Å². The molecule has 0 atom stereocenters. The highest BCUT2D eigenvalue weighted by Crippen LogP contribution is 2.29. The SMILES string of the molecule is O=Cc1ccccc1OC(=O)c1cccc(O)c1O. The molecule has 5 nitrogen and oxygen atoms in total. The van der Waals surface area contributed by atoms with Crippen molar-refractivity contribution in [2.45, 2.75) is 0 Å². The number of phenols is 2. The van der Waals surface area contributed by atoms with Crippen LogP contribution < -0.4 is 4.74 Å². The Morgan fingerprint density at radius 3 is 2.53 bits per heavy atom. The standard InChI is InChI=1S/C14H10O5/c15-8-9-4-1-2-7-12(9)19-14(18)10-5-3-6-11(16)13(10)17/h1-8,16-17H. The van der Waals surface area contributed by atoms with Gasteiger partial charge in [0, 0.05) is 0 Å². The maximum atomic E-state index is 11.8. The predicted octanol–water partition coefficient (Wildman–Crippen LogP) is 2.13. The zero-order valence-corrected chi connectivity index (χ0v) is 9.74. The van der Waals surface area contributed by atoms with Crippen molar-refractivity contribution in [3.8, 4) is 17.2 Å². The average molecular weight is 258 g/mol. The van der Waals surface area contributed by atoms with Gasteiger partial charge in [-0.3, -0.25) is 4.79 Å². The molecule has 0 aliphatic heterocycles. The monoisotopic (exact) mass is 258 g/mol. The number of rotatable bonds is 3. The summed E-state index contributed by atoms with van der Waals surface area (Å²) < 4.78 is 5.02. The Balaban J connectivity index is 2.31. The molecular weight excluding hydrogens is 248 g/mol. The quantitative estimate of drug-likeness (QED) is 0.381. The minimum absolute atomic E-state index is 0.0882. The van der Waals surface area contributed by atoms with Crippen LogP contribution in [0, 0.1) is 0 Å². The van der Waals surface area contributed by atoms with Gasteiger partial charge in [0.05, 0.1) is 5.56 Å². The molecule has 0 radical (unpaired) electrons. The maximum Gasteiger partial charge on any atom is 0.347 e. The summed E-state index contributed by atoms with van der Waals surface area (Å²) in [5, 5.41) is 18.9. The Kier molecular flexibility index (Phi) is 3.47. The number of carbonyl (C=O) groups excluding carboxylic acids is 2. The van der Waals surface area contributed by atoms with Gasteiger partial charge in [0.2, 0.25) is 0 Å². The lowest BCUT2D eigenvalue weighted by Crippen LogP contribution is -2.10. The van der Waals surface area contributed by atoms with Gasteiger partial charge in [-0.2, -0.15) is 0 Å². The molecule has 0 bridgehead atoms. The van der Waals surface area contributed by atoms with Crippen LogP contribution in [-0.2, 0) is 0 Å². The van der Waals surface area contributed by atoms with E-state index in [0.29, 0.717) is 6.29 Å². The summed E-state index contributed by atoms with van der Waals surface area (Å²) in [6.07, 6.45) is 0.560. The summed E-state index contributed by atoms with van der Waals surface area (Å²) in [6.45, 7) is 0. The number of para-hydroxylation sites is 2. The smallest absolute Gasteiger partial charge is 0.347 e. The first kappa shape index (κ1) is 12.6. The minimum atomic E-state index is -0.859. The first-order valence-corrected chi connectivity index (χ1v) is 5.41. The van der Waals surface area contributed by atoms with Gasteiger partial charge >= 0.3 is 5.97 Å². The van der Waals surface area contributed by atoms with E-state index in [2.05, 4.69) is 0 Å². The molecule has 0 saturated carbocycles. The molecule has 0 saturated heterocycles. The number of benzene rings is 2. The molecule has 19 heavy (non-hydrogen) atoms. The van der Waals surface area contributed by atoms with Crippen molar-refractivity contribution >= 4 is 12.3 Å². The molecule has 0 amide bonds. The molecule has 0 aliphatic carbocycles. The molecule has 0 aliphatic rings. The third-order valence-electron chi connectivity index (χ3n) is 2.48. The number of aromatic hydroxyl groups is 2. The Morgan fingerprint density at radius 1 is 1.05 bits per heavy atom. The number of ether oxygens (including phenoxy) is 1. The summed E-state index contributed by atoms with van der Waals surface area (Å²) >= 11 is 0. The van der Waals surface area contributed by atoms with E-state index in [1.54, 1.807) is 12.1 Å². The second kappa shape index (κ2) is 5.22. The molecular formula is C14H10O5. The van der Waals surface area contributed by atoms with E-state index in [1.807, 2.05) is 0 Å². The van der Waals surface area contributed by atoms with E-state index >= 15 is 0 Å². The average Bonchev–Trinajstić information content (AvgIpc) is 2.42. The van der Waals surface area contributed by atoms with Crippen molar-refractivity contribution in [1.82, 2.24) is 0 Å². The van der Waals surface area contributed by atoms with Crippen molar-refractivity contribution in [2.75, 3.05) is 0 Å². The second-order valence-corrected chi connectivity index (χ2v) is 3.72. The zero-order valence-electron chi connectivity index (χ0n) is 9.74. The highest BCUT2D eigenvalue weighted by atomic mass is 16.5. The van der Waals surface area contributed by atoms with E-state index in [1.165, 1.54) is 30.3 Å². The number of aldehydes is 1. The van der Waals surface area contributed by atoms with Gasteiger partial charge in [-0.05, 0) is 24.3 Å². The normalized spacial score (nSPS) is 9.89. The van der Waals surface area contributed by atoms with Gasteiger partial charge in [0.25, 0.3) is 0 Å². The summed E-state index contributed by atoms with van der Waals surface area (Å²) in [5.41, 5.74) is 0.0381. The van der Waals surface area contributed by atoms with Gasteiger partial charge in [0.15, 0.2) is 17.8 Å². The van der Waals surface area contributed by atoms with Crippen LogP contribution >= 0.6 is 0 Å². The fraction of sp³-hybridized carbons (Fsp3) is 0. The molecule has 2 aromatic rings. The fourth-order valence-electron chi connectivity index (χ4n) is 1.52. The Hall–Kier alpha value is -2.82.